The number of nitrogens with one attached hydrogen (secondary N) is 1. The van der Waals surface area contributed by atoms with E-state index in [9.17, 15) is 18.3 Å². The molecule has 0 radical (unpaired) electrons. The van der Waals surface area contributed by atoms with E-state index in [4.69, 9.17) is 4.74 Å². The van der Waals surface area contributed by atoms with Crippen molar-refractivity contribution in [1.82, 2.24) is 10.3 Å². The molecular formula is C24H29F3N2O3. The fourth-order valence-electron chi connectivity index (χ4n) is 5.26. The molecule has 2 aliphatic rings. The monoisotopic (exact) mass is 450 g/mol. The zero-order chi connectivity index (χ0) is 22.7. The van der Waals surface area contributed by atoms with Crippen LogP contribution in [-0.4, -0.2) is 35.2 Å². The number of ether oxygens (including phenoxy) is 2. The number of aromatic nitrogens is 1. The van der Waals surface area contributed by atoms with Gasteiger partial charge in [0.1, 0.15) is 11.5 Å². The molecule has 5 nitrogen and oxygen atoms in total. The van der Waals surface area contributed by atoms with E-state index in [0.29, 0.717) is 18.7 Å². The molecule has 1 aromatic carbocycles. The molecule has 0 amide bonds. The van der Waals surface area contributed by atoms with E-state index in [1.54, 1.807) is 0 Å². The summed E-state index contributed by atoms with van der Waals surface area (Å²) in [5.74, 6) is -0.661. The Labute approximate surface area is 186 Å². The highest BCUT2D eigenvalue weighted by Crippen LogP contribution is 2.49. The lowest BCUT2D eigenvalue weighted by Gasteiger charge is -2.46. The first kappa shape index (κ1) is 22.9. The highest BCUT2D eigenvalue weighted by Gasteiger charge is 2.48. The van der Waals surface area contributed by atoms with E-state index < -0.39 is 6.36 Å². The number of nitrogens with zero attached hydrogens (tertiary/aromatic N) is 1. The van der Waals surface area contributed by atoms with Gasteiger partial charge in [-0.15, -0.1) is 13.2 Å². The normalized spacial score (nSPS) is 22.8. The molecule has 2 aromatic rings. The molecule has 2 heterocycles. The average Bonchev–Trinajstić information content (AvgIpc) is 3.19. The number of benzene rings is 1. The maximum atomic E-state index is 12.7. The number of halogens is 3. The van der Waals surface area contributed by atoms with E-state index in [1.165, 1.54) is 25.0 Å². The molecule has 1 spiro atoms. The van der Waals surface area contributed by atoms with Crippen LogP contribution in [0.4, 0.5) is 13.2 Å². The van der Waals surface area contributed by atoms with Crippen LogP contribution < -0.4 is 10.1 Å². The topological polar surface area (TPSA) is 63.6 Å². The standard InChI is InChI=1S/C24H29F3N2O3/c25-24(26,27)32-20-15-19(30)7-6-18(20)16-28-13-10-22(21-5-1-4-12-29-21)11-14-31-23(17-22)8-2-3-9-23/h1,4-7,12,15,28,30H,2-3,8-11,13-14,16-17H2. The molecular weight excluding hydrogens is 421 g/mol. The maximum Gasteiger partial charge on any atom is 0.573 e. The van der Waals surface area contributed by atoms with Gasteiger partial charge in [-0.25, -0.2) is 0 Å². The van der Waals surface area contributed by atoms with Gasteiger partial charge in [0.2, 0.25) is 0 Å². The summed E-state index contributed by atoms with van der Waals surface area (Å²) in [6, 6.07) is 9.78. The molecule has 0 bridgehead atoms. The molecule has 8 heteroatoms. The summed E-state index contributed by atoms with van der Waals surface area (Å²) in [7, 11) is 0. The predicted octanol–water partition coefficient (Wildman–Crippen LogP) is 5.23. The fraction of sp³-hybridized carbons (Fsp3) is 0.542. The van der Waals surface area contributed by atoms with Gasteiger partial charge in [-0.05, 0) is 56.8 Å². The lowest BCUT2D eigenvalue weighted by Crippen LogP contribution is -2.47. The molecule has 1 unspecified atom stereocenters. The highest BCUT2D eigenvalue weighted by molar-refractivity contribution is 5.40. The zero-order valence-corrected chi connectivity index (χ0v) is 18.0. The van der Waals surface area contributed by atoms with Gasteiger partial charge < -0.3 is 19.9 Å². The molecule has 2 fully saturated rings. The summed E-state index contributed by atoms with van der Waals surface area (Å²) < 4.78 is 48.5. The minimum atomic E-state index is -4.82. The van der Waals surface area contributed by atoms with Crippen LogP contribution in [0.2, 0.25) is 0 Å². The number of rotatable bonds is 7. The summed E-state index contributed by atoms with van der Waals surface area (Å²) in [4.78, 5) is 4.67. The third kappa shape index (κ3) is 5.35. The quantitative estimate of drug-likeness (QED) is 0.566. The minimum Gasteiger partial charge on any atom is -0.508 e. The van der Waals surface area contributed by atoms with Crippen molar-refractivity contribution in [1.29, 1.82) is 0 Å². The molecule has 1 atom stereocenters. The van der Waals surface area contributed by atoms with E-state index in [-0.39, 0.29) is 29.1 Å². The van der Waals surface area contributed by atoms with Gasteiger partial charge in [-0.3, -0.25) is 4.98 Å². The highest BCUT2D eigenvalue weighted by atomic mass is 19.4. The SMILES string of the molecule is Oc1ccc(CNCCC2(c3ccccn3)CCOC3(CCCC3)C2)c(OC(F)(F)F)c1. The number of phenols is 1. The number of alkyl halides is 3. The van der Waals surface area contributed by atoms with E-state index in [2.05, 4.69) is 21.1 Å². The van der Waals surface area contributed by atoms with Crippen LogP contribution in [0, 0.1) is 0 Å². The Morgan fingerprint density at radius 2 is 1.94 bits per heavy atom. The Kier molecular flexibility index (Phi) is 6.62. The Bertz CT molecular complexity index is 901. The Balaban J connectivity index is 1.45. The Morgan fingerprint density at radius 1 is 1.12 bits per heavy atom. The van der Waals surface area contributed by atoms with Crippen LogP contribution in [-0.2, 0) is 16.7 Å². The third-order valence-electron chi connectivity index (χ3n) is 6.74. The lowest BCUT2D eigenvalue weighted by molar-refractivity contribution is -0.274. The number of aromatic hydroxyl groups is 1. The summed E-state index contributed by atoms with van der Waals surface area (Å²) in [6.45, 7) is 1.50. The molecule has 1 saturated heterocycles. The number of hydrogen-bond donors (Lipinski definition) is 2. The second-order valence-corrected chi connectivity index (χ2v) is 8.93. The Hall–Kier alpha value is -2.32. The van der Waals surface area contributed by atoms with Crippen molar-refractivity contribution in [2.75, 3.05) is 13.2 Å². The maximum absolute atomic E-state index is 12.7. The van der Waals surface area contributed by atoms with Gasteiger partial charge in [0.25, 0.3) is 0 Å². The first-order chi connectivity index (χ1) is 15.3. The fourth-order valence-corrected chi connectivity index (χ4v) is 5.26. The second-order valence-electron chi connectivity index (χ2n) is 8.93. The van der Waals surface area contributed by atoms with Crippen LogP contribution in [0.1, 0.15) is 56.2 Å². The van der Waals surface area contributed by atoms with Crippen molar-refractivity contribution in [3.63, 3.8) is 0 Å². The summed E-state index contributed by atoms with van der Waals surface area (Å²) in [5.41, 5.74) is 1.19. The van der Waals surface area contributed by atoms with E-state index >= 15 is 0 Å². The molecule has 1 aromatic heterocycles. The van der Waals surface area contributed by atoms with Crippen LogP contribution in [0.25, 0.3) is 0 Å². The van der Waals surface area contributed by atoms with Crippen molar-refractivity contribution in [2.24, 2.45) is 0 Å². The van der Waals surface area contributed by atoms with Gasteiger partial charge in [0.15, 0.2) is 0 Å². The molecule has 2 N–H and O–H groups in total. The van der Waals surface area contributed by atoms with Crippen molar-refractivity contribution in [2.45, 2.75) is 68.9 Å². The van der Waals surface area contributed by atoms with Crippen LogP contribution in [0.5, 0.6) is 11.5 Å². The minimum absolute atomic E-state index is 0.0829. The van der Waals surface area contributed by atoms with Gasteiger partial charge in [-0.1, -0.05) is 25.0 Å². The first-order valence-corrected chi connectivity index (χ1v) is 11.1. The van der Waals surface area contributed by atoms with Crippen molar-refractivity contribution >= 4 is 0 Å². The molecule has 1 aliphatic heterocycles. The predicted molar refractivity (Wildman–Crippen MR) is 113 cm³/mol. The van der Waals surface area contributed by atoms with Crippen LogP contribution >= 0.6 is 0 Å². The lowest BCUT2D eigenvalue weighted by atomic mass is 9.68. The van der Waals surface area contributed by atoms with Crippen molar-refractivity contribution in [3.8, 4) is 11.5 Å². The third-order valence-corrected chi connectivity index (χ3v) is 6.74. The summed E-state index contributed by atoms with van der Waals surface area (Å²) >= 11 is 0. The van der Waals surface area contributed by atoms with Gasteiger partial charge >= 0.3 is 6.36 Å². The number of phenolic OH excluding ortho intramolecular Hbond substituents is 1. The average molecular weight is 451 g/mol. The molecule has 1 saturated carbocycles. The van der Waals surface area contributed by atoms with Crippen LogP contribution in [0.15, 0.2) is 42.6 Å². The molecule has 4 rings (SSSR count). The number of pyridine rings is 1. The van der Waals surface area contributed by atoms with Gasteiger partial charge in [0, 0.05) is 42.1 Å². The van der Waals surface area contributed by atoms with Crippen LogP contribution in [0.3, 0.4) is 0 Å². The van der Waals surface area contributed by atoms with E-state index in [1.807, 2.05) is 18.3 Å². The molecule has 174 valence electrons. The smallest absolute Gasteiger partial charge is 0.508 e. The molecule has 32 heavy (non-hydrogen) atoms. The van der Waals surface area contributed by atoms with E-state index in [0.717, 1.165) is 43.9 Å². The number of hydrogen-bond acceptors (Lipinski definition) is 5. The molecule has 1 aliphatic carbocycles. The Morgan fingerprint density at radius 3 is 2.66 bits per heavy atom. The zero-order valence-electron chi connectivity index (χ0n) is 18.0. The van der Waals surface area contributed by atoms with Crippen molar-refractivity contribution in [3.05, 3.63) is 53.9 Å². The van der Waals surface area contributed by atoms with Gasteiger partial charge in [0.05, 0.1) is 5.60 Å². The first-order valence-electron chi connectivity index (χ1n) is 11.1. The largest absolute Gasteiger partial charge is 0.573 e. The van der Waals surface area contributed by atoms with Crippen molar-refractivity contribution < 1.29 is 27.8 Å². The summed E-state index contributed by atoms with van der Waals surface area (Å²) in [5, 5.41) is 12.8. The summed E-state index contributed by atoms with van der Waals surface area (Å²) in [6.07, 6.45) is 4.10. The van der Waals surface area contributed by atoms with Gasteiger partial charge in [-0.2, -0.15) is 0 Å². The second kappa shape index (κ2) is 9.27.